The van der Waals surface area contributed by atoms with E-state index in [4.69, 9.17) is 4.74 Å². The zero-order valence-corrected chi connectivity index (χ0v) is 29.3. The first-order valence-electron chi connectivity index (χ1n) is 16.3. The zero-order valence-electron chi connectivity index (χ0n) is 28.4. The Hall–Kier alpha value is -4.32. The van der Waals surface area contributed by atoms with Crippen LogP contribution in [0.5, 0.6) is 5.88 Å². The number of ether oxygens (including phenoxy) is 1. The summed E-state index contributed by atoms with van der Waals surface area (Å²) in [6, 6.07) is 22.1. The second-order valence-electron chi connectivity index (χ2n) is 14.1. The lowest BCUT2D eigenvalue weighted by atomic mass is 9.87. The zero-order chi connectivity index (χ0) is 34.2. The van der Waals surface area contributed by atoms with Crippen molar-refractivity contribution >= 4 is 21.9 Å². The SMILES string of the molecule is Cc1cccc(C)c1-c1cc2nc(n1)NS(=O)(=O)c1cccc(c1)C(=O)N(Cc1ccc(C3CNCN3C)cc1)[C@H](CC(C)(C)C)CO2. The van der Waals surface area contributed by atoms with Crippen LogP contribution in [0.25, 0.3) is 11.3 Å². The van der Waals surface area contributed by atoms with Crippen LogP contribution in [-0.4, -0.2) is 67.0 Å². The van der Waals surface area contributed by atoms with E-state index in [1.54, 1.807) is 18.2 Å². The van der Waals surface area contributed by atoms with E-state index < -0.39 is 10.0 Å². The maximum atomic E-state index is 14.5. The molecular formula is C37H44N6O4S. The van der Waals surface area contributed by atoms with Crippen molar-refractivity contribution in [1.29, 1.82) is 0 Å². The van der Waals surface area contributed by atoms with E-state index in [-0.39, 0.29) is 52.3 Å². The highest BCUT2D eigenvalue weighted by Gasteiger charge is 2.32. The summed E-state index contributed by atoms with van der Waals surface area (Å²) in [5, 5.41) is 3.40. The Bertz CT molecular complexity index is 1900. The molecule has 2 N–H and O–H groups in total. The molecule has 48 heavy (non-hydrogen) atoms. The summed E-state index contributed by atoms with van der Waals surface area (Å²) in [6.07, 6.45) is 0.632. The van der Waals surface area contributed by atoms with Gasteiger partial charge in [-0.2, -0.15) is 4.98 Å². The van der Waals surface area contributed by atoms with E-state index in [1.807, 2.05) is 36.9 Å². The van der Waals surface area contributed by atoms with Crippen LogP contribution in [0.4, 0.5) is 5.95 Å². The van der Waals surface area contributed by atoms with Gasteiger partial charge in [0, 0.05) is 43.0 Å². The predicted molar refractivity (Wildman–Crippen MR) is 187 cm³/mol. The van der Waals surface area contributed by atoms with Gasteiger partial charge in [-0.3, -0.25) is 9.69 Å². The third-order valence-corrected chi connectivity index (χ3v) is 10.3. The number of aryl methyl sites for hydroxylation is 2. The fraction of sp³-hybridized carbons (Fsp3) is 0.378. The second-order valence-corrected chi connectivity index (χ2v) is 15.8. The topological polar surface area (TPSA) is 117 Å². The Morgan fingerprint density at radius 1 is 0.958 bits per heavy atom. The fourth-order valence-electron chi connectivity index (χ4n) is 6.60. The van der Waals surface area contributed by atoms with Crippen molar-refractivity contribution in [2.24, 2.45) is 5.41 Å². The normalized spacial score (nSPS) is 19.9. The minimum Gasteiger partial charge on any atom is -0.475 e. The van der Waals surface area contributed by atoms with E-state index in [2.05, 4.69) is 77.0 Å². The van der Waals surface area contributed by atoms with E-state index in [0.717, 1.165) is 35.5 Å². The van der Waals surface area contributed by atoms with Crippen molar-refractivity contribution < 1.29 is 17.9 Å². The number of carbonyl (C=O) groups excluding carboxylic acids is 1. The van der Waals surface area contributed by atoms with Gasteiger partial charge in [-0.15, -0.1) is 0 Å². The van der Waals surface area contributed by atoms with Crippen LogP contribution in [-0.2, 0) is 16.6 Å². The molecule has 6 rings (SSSR count). The number of anilines is 1. The van der Waals surface area contributed by atoms with Crippen molar-refractivity contribution in [2.45, 2.75) is 64.6 Å². The van der Waals surface area contributed by atoms with E-state index in [9.17, 15) is 13.2 Å². The highest BCUT2D eigenvalue weighted by Crippen LogP contribution is 2.32. The number of aromatic nitrogens is 2. The summed E-state index contributed by atoms with van der Waals surface area (Å²) in [4.78, 5) is 27.6. The molecule has 11 heteroatoms. The summed E-state index contributed by atoms with van der Waals surface area (Å²) >= 11 is 0. The average Bonchev–Trinajstić information content (AvgIpc) is 3.46. The predicted octanol–water partition coefficient (Wildman–Crippen LogP) is 5.93. The Kier molecular flexibility index (Phi) is 9.30. The molecule has 1 saturated heterocycles. The minimum absolute atomic E-state index is 0.0536. The van der Waals surface area contributed by atoms with E-state index >= 15 is 0 Å². The molecule has 1 fully saturated rings. The molecule has 0 radical (unpaired) electrons. The van der Waals surface area contributed by atoms with Crippen LogP contribution in [0, 0.1) is 19.3 Å². The van der Waals surface area contributed by atoms with Gasteiger partial charge < -0.3 is 15.0 Å². The lowest BCUT2D eigenvalue weighted by Gasteiger charge is -2.36. The molecule has 3 heterocycles. The molecule has 1 unspecified atom stereocenters. The third kappa shape index (κ3) is 7.38. The van der Waals surface area contributed by atoms with Crippen molar-refractivity contribution in [1.82, 2.24) is 25.1 Å². The molecule has 1 aromatic heterocycles. The van der Waals surface area contributed by atoms with Gasteiger partial charge in [0.2, 0.25) is 11.8 Å². The van der Waals surface area contributed by atoms with Crippen molar-refractivity contribution in [3.05, 3.63) is 101 Å². The number of benzene rings is 3. The summed E-state index contributed by atoms with van der Waals surface area (Å²) in [7, 11) is -2.05. The van der Waals surface area contributed by atoms with Crippen LogP contribution in [0.3, 0.4) is 0 Å². The molecule has 2 atom stereocenters. The monoisotopic (exact) mass is 668 g/mol. The Morgan fingerprint density at radius 2 is 1.67 bits per heavy atom. The first-order chi connectivity index (χ1) is 22.8. The van der Waals surface area contributed by atoms with Gasteiger partial charge in [0.25, 0.3) is 15.9 Å². The number of likely N-dealkylation sites (N-methyl/N-ethyl adjacent to an activating group) is 1. The molecule has 0 spiro atoms. The average molecular weight is 669 g/mol. The second kappa shape index (κ2) is 13.3. The number of amides is 1. The number of sulfonamides is 1. The van der Waals surface area contributed by atoms with Gasteiger partial charge in [-0.1, -0.05) is 69.3 Å². The number of hydrogen-bond donors (Lipinski definition) is 2. The molecule has 2 aliphatic rings. The third-order valence-electron chi connectivity index (χ3n) is 8.98. The molecule has 4 bridgehead atoms. The van der Waals surface area contributed by atoms with Gasteiger partial charge in [0.1, 0.15) is 6.61 Å². The number of rotatable bonds is 5. The lowest BCUT2D eigenvalue weighted by Crippen LogP contribution is -2.45. The number of hydrogen-bond acceptors (Lipinski definition) is 8. The van der Waals surface area contributed by atoms with E-state index in [0.29, 0.717) is 18.7 Å². The maximum absolute atomic E-state index is 14.5. The maximum Gasteiger partial charge on any atom is 0.264 e. The number of carbonyl (C=O) groups is 1. The van der Waals surface area contributed by atoms with Gasteiger partial charge >= 0.3 is 0 Å². The molecule has 4 aromatic rings. The van der Waals surface area contributed by atoms with Gasteiger partial charge in [-0.05, 0) is 73.2 Å². The van der Waals surface area contributed by atoms with Gasteiger partial charge in [0.05, 0.1) is 16.6 Å². The number of nitrogens with zero attached hydrogens (tertiary/aromatic N) is 4. The van der Waals surface area contributed by atoms with Crippen LogP contribution in [0.2, 0.25) is 0 Å². The Morgan fingerprint density at radius 3 is 2.33 bits per heavy atom. The van der Waals surface area contributed by atoms with Gasteiger partial charge in [0.15, 0.2) is 0 Å². The van der Waals surface area contributed by atoms with E-state index in [1.165, 1.54) is 17.7 Å². The highest BCUT2D eigenvalue weighted by atomic mass is 32.2. The van der Waals surface area contributed by atoms with Crippen LogP contribution >= 0.6 is 0 Å². The van der Waals surface area contributed by atoms with Crippen molar-refractivity contribution in [2.75, 3.05) is 31.6 Å². The van der Waals surface area contributed by atoms with Crippen LogP contribution < -0.4 is 14.8 Å². The quantitative estimate of drug-likeness (QED) is 0.269. The standard InChI is InChI=1S/C37H44N6O4S/c1-24-9-7-10-25(2)34(24)31-18-33-40-36(39-31)41-48(45,46)30-12-8-11-28(17-30)35(44)43(29(22-47-33)19-37(3,4)5)21-26-13-15-27(16-14-26)32-20-38-23-42(32)6/h7-18,29,32,38H,19-23H2,1-6H3,(H,39,40,41)/t29-,32?/m1/s1. The molecule has 2 aliphatic heterocycles. The Balaban J connectivity index is 1.44. The molecule has 1 amide bonds. The molecule has 0 aliphatic carbocycles. The van der Waals surface area contributed by atoms with Crippen molar-refractivity contribution in [3.8, 4) is 17.1 Å². The molecule has 3 aromatic carbocycles. The minimum atomic E-state index is -4.15. The summed E-state index contributed by atoms with van der Waals surface area (Å²) in [6.45, 7) is 12.6. The number of nitrogens with one attached hydrogen (secondary N) is 2. The largest absolute Gasteiger partial charge is 0.475 e. The van der Waals surface area contributed by atoms with Crippen molar-refractivity contribution in [3.63, 3.8) is 0 Å². The molecular weight excluding hydrogens is 625 g/mol. The summed E-state index contributed by atoms with van der Waals surface area (Å²) in [5.41, 5.74) is 5.69. The van der Waals surface area contributed by atoms with Crippen LogP contribution in [0.1, 0.15) is 65.8 Å². The lowest BCUT2D eigenvalue weighted by molar-refractivity contribution is 0.0513. The van der Waals surface area contributed by atoms with Crippen LogP contribution in [0.15, 0.2) is 77.7 Å². The number of fused-ring (bicyclic) bond motifs is 4. The Labute approximate surface area is 283 Å². The summed E-state index contributed by atoms with van der Waals surface area (Å²) < 4.78 is 36.3. The van der Waals surface area contributed by atoms with Gasteiger partial charge in [-0.25, -0.2) is 18.1 Å². The summed E-state index contributed by atoms with van der Waals surface area (Å²) in [5.74, 6) is -0.160. The fourth-order valence-corrected chi connectivity index (χ4v) is 7.59. The molecule has 10 nitrogen and oxygen atoms in total. The first-order valence-corrected chi connectivity index (χ1v) is 17.8. The first kappa shape index (κ1) is 33.6. The smallest absolute Gasteiger partial charge is 0.264 e. The molecule has 252 valence electrons. The highest BCUT2D eigenvalue weighted by molar-refractivity contribution is 7.92. The molecule has 0 saturated carbocycles.